The molecule has 154 valence electrons. The van der Waals surface area contributed by atoms with Crippen molar-refractivity contribution in [1.82, 2.24) is 4.98 Å². The number of pyridine rings is 1. The van der Waals surface area contributed by atoms with Crippen LogP contribution in [0.4, 0.5) is 0 Å². The minimum Gasteiger partial charge on any atom is -0.454 e. The molecule has 4 nitrogen and oxygen atoms in total. The quantitative estimate of drug-likeness (QED) is 0.298. The lowest BCUT2D eigenvalue weighted by Gasteiger charge is -2.14. The first-order valence-electron chi connectivity index (χ1n) is 10.3. The van der Waals surface area contributed by atoms with E-state index < -0.39 is 5.97 Å². The number of aromatic nitrogens is 1. The van der Waals surface area contributed by atoms with E-state index in [0.29, 0.717) is 22.0 Å². The zero-order chi connectivity index (χ0) is 21.8. The largest absolute Gasteiger partial charge is 0.454 e. The smallest absolute Gasteiger partial charge is 0.339 e. The summed E-state index contributed by atoms with van der Waals surface area (Å²) in [6.07, 6.45) is 0.904. The van der Waals surface area contributed by atoms with Crippen molar-refractivity contribution in [3.05, 3.63) is 101 Å². The number of nitrogens with zero attached hydrogens (tertiary/aromatic N) is 1. The van der Waals surface area contributed by atoms with Crippen LogP contribution in [0.15, 0.2) is 78.9 Å². The fourth-order valence-electron chi connectivity index (χ4n) is 3.66. The molecule has 0 amide bonds. The molecule has 3 aromatic carbocycles. The summed E-state index contributed by atoms with van der Waals surface area (Å²) in [4.78, 5) is 30.4. The molecular formula is C27H23NO3. The Hall–Kier alpha value is -3.79. The summed E-state index contributed by atoms with van der Waals surface area (Å²) in [7, 11) is 0. The summed E-state index contributed by atoms with van der Waals surface area (Å²) >= 11 is 0. The van der Waals surface area contributed by atoms with Crippen molar-refractivity contribution in [3.8, 4) is 11.3 Å². The molecular weight excluding hydrogens is 386 g/mol. The molecule has 0 unspecified atom stereocenters. The highest BCUT2D eigenvalue weighted by Gasteiger charge is 2.21. The molecule has 0 N–H and O–H groups in total. The van der Waals surface area contributed by atoms with E-state index in [9.17, 15) is 9.59 Å². The van der Waals surface area contributed by atoms with Crippen LogP contribution in [-0.2, 0) is 11.2 Å². The summed E-state index contributed by atoms with van der Waals surface area (Å²) in [6, 6.07) is 24.6. The minimum absolute atomic E-state index is 0.227. The summed E-state index contributed by atoms with van der Waals surface area (Å²) in [5, 5.41) is 0.712. The van der Waals surface area contributed by atoms with Crippen LogP contribution >= 0.6 is 0 Å². The second-order valence-electron chi connectivity index (χ2n) is 7.39. The molecule has 0 fully saturated rings. The van der Waals surface area contributed by atoms with Gasteiger partial charge in [-0.05, 0) is 30.5 Å². The van der Waals surface area contributed by atoms with E-state index in [1.807, 2.05) is 73.7 Å². The maximum atomic E-state index is 13.1. The number of Topliss-reactive ketones (excluding diaryl/α,β-unsaturated/α-hetero) is 1. The first-order valence-corrected chi connectivity index (χ1v) is 10.3. The second kappa shape index (κ2) is 8.92. The Bertz CT molecular complexity index is 1240. The van der Waals surface area contributed by atoms with E-state index in [2.05, 4.69) is 6.92 Å². The number of ether oxygens (including phenoxy) is 1. The molecule has 0 aliphatic rings. The number of ketones is 1. The van der Waals surface area contributed by atoms with Gasteiger partial charge in [0.1, 0.15) is 0 Å². The number of rotatable bonds is 6. The van der Waals surface area contributed by atoms with Gasteiger partial charge in [0, 0.05) is 16.5 Å². The molecule has 31 heavy (non-hydrogen) atoms. The molecule has 1 heterocycles. The Morgan fingerprint density at radius 3 is 2.26 bits per heavy atom. The van der Waals surface area contributed by atoms with Crippen LogP contribution in [0, 0.1) is 6.92 Å². The van der Waals surface area contributed by atoms with Crippen LogP contribution in [0.25, 0.3) is 22.2 Å². The first-order chi connectivity index (χ1) is 15.1. The monoisotopic (exact) mass is 409 g/mol. The molecule has 0 bridgehead atoms. The van der Waals surface area contributed by atoms with Gasteiger partial charge in [0.15, 0.2) is 12.4 Å². The zero-order valence-electron chi connectivity index (χ0n) is 17.6. The normalized spacial score (nSPS) is 10.8. The molecule has 0 atom stereocenters. The van der Waals surface area contributed by atoms with Crippen molar-refractivity contribution < 1.29 is 14.3 Å². The van der Waals surface area contributed by atoms with E-state index in [1.165, 1.54) is 0 Å². The summed E-state index contributed by atoms with van der Waals surface area (Å²) in [5.41, 5.74) is 5.22. The Morgan fingerprint density at radius 2 is 1.55 bits per heavy atom. The molecule has 0 aliphatic carbocycles. The summed E-state index contributed by atoms with van der Waals surface area (Å²) in [6.45, 7) is 3.62. The lowest BCUT2D eigenvalue weighted by molar-refractivity contribution is 0.0476. The van der Waals surface area contributed by atoms with E-state index >= 15 is 0 Å². The Morgan fingerprint density at radius 1 is 0.871 bits per heavy atom. The molecule has 4 heteroatoms. The number of benzene rings is 3. The maximum absolute atomic E-state index is 13.1. The van der Waals surface area contributed by atoms with Crippen molar-refractivity contribution in [2.45, 2.75) is 20.3 Å². The molecule has 1 aromatic heterocycles. The van der Waals surface area contributed by atoms with Gasteiger partial charge >= 0.3 is 5.97 Å². The van der Waals surface area contributed by atoms with Gasteiger partial charge < -0.3 is 4.74 Å². The van der Waals surface area contributed by atoms with Crippen molar-refractivity contribution in [2.24, 2.45) is 0 Å². The molecule has 0 aliphatic heterocycles. The number of carbonyl (C=O) groups excluding carboxylic acids is 2. The van der Waals surface area contributed by atoms with E-state index in [0.717, 1.165) is 28.8 Å². The predicted octanol–water partition coefficient (Wildman–Crippen LogP) is 5.81. The number of hydrogen-bond donors (Lipinski definition) is 0. The van der Waals surface area contributed by atoms with E-state index in [-0.39, 0.29) is 12.4 Å². The van der Waals surface area contributed by atoms with Gasteiger partial charge in [-0.15, -0.1) is 0 Å². The topological polar surface area (TPSA) is 56.3 Å². The molecule has 4 rings (SSSR count). The zero-order valence-corrected chi connectivity index (χ0v) is 17.6. The third-order valence-electron chi connectivity index (χ3n) is 5.41. The fraction of sp³-hybridized carbons (Fsp3) is 0.148. The van der Waals surface area contributed by atoms with Gasteiger partial charge in [0.25, 0.3) is 0 Å². The Kier molecular flexibility index (Phi) is 5.89. The van der Waals surface area contributed by atoms with Crippen LogP contribution in [0.1, 0.15) is 38.8 Å². The highest BCUT2D eigenvalue weighted by molar-refractivity contribution is 6.07. The van der Waals surface area contributed by atoms with E-state index in [1.54, 1.807) is 12.1 Å². The fourth-order valence-corrected chi connectivity index (χ4v) is 3.66. The third kappa shape index (κ3) is 4.24. The van der Waals surface area contributed by atoms with Gasteiger partial charge in [-0.2, -0.15) is 0 Å². The lowest BCUT2D eigenvalue weighted by Crippen LogP contribution is -2.16. The van der Waals surface area contributed by atoms with Crippen LogP contribution in [-0.4, -0.2) is 23.3 Å². The maximum Gasteiger partial charge on any atom is 0.339 e. The highest BCUT2D eigenvalue weighted by Crippen LogP contribution is 2.30. The van der Waals surface area contributed by atoms with Crippen molar-refractivity contribution in [3.63, 3.8) is 0 Å². The van der Waals surface area contributed by atoms with Crippen LogP contribution in [0.2, 0.25) is 0 Å². The Labute approximate surface area is 181 Å². The van der Waals surface area contributed by atoms with E-state index in [4.69, 9.17) is 9.72 Å². The van der Waals surface area contributed by atoms with Gasteiger partial charge in [-0.3, -0.25) is 4.79 Å². The summed E-state index contributed by atoms with van der Waals surface area (Å²) < 4.78 is 5.46. The van der Waals surface area contributed by atoms with Gasteiger partial charge in [-0.1, -0.05) is 79.7 Å². The molecule has 0 saturated heterocycles. The van der Waals surface area contributed by atoms with Crippen molar-refractivity contribution >= 4 is 22.7 Å². The average Bonchev–Trinajstić information content (AvgIpc) is 2.82. The number of esters is 1. The van der Waals surface area contributed by atoms with Crippen LogP contribution in [0.3, 0.4) is 0 Å². The van der Waals surface area contributed by atoms with Crippen LogP contribution < -0.4 is 0 Å². The number of para-hydroxylation sites is 1. The standard InChI is InChI=1S/C27H23NO3/c1-3-19-13-15-20(16-14-19)24(29)17-31-27(30)25-18(2)26(21-9-5-4-6-10-21)28-23-12-8-7-11-22(23)25/h4-16H,3,17H2,1-2H3. The third-order valence-corrected chi connectivity index (χ3v) is 5.41. The molecule has 4 aromatic rings. The molecule has 0 spiro atoms. The van der Waals surface area contributed by atoms with Crippen molar-refractivity contribution in [2.75, 3.05) is 6.61 Å². The van der Waals surface area contributed by atoms with Crippen LogP contribution in [0.5, 0.6) is 0 Å². The number of fused-ring (bicyclic) bond motifs is 1. The number of carbonyl (C=O) groups is 2. The lowest BCUT2D eigenvalue weighted by atomic mass is 9.98. The van der Waals surface area contributed by atoms with Gasteiger partial charge in [0.05, 0.1) is 16.8 Å². The number of hydrogen-bond acceptors (Lipinski definition) is 4. The minimum atomic E-state index is -0.521. The Balaban J connectivity index is 1.65. The van der Waals surface area contributed by atoms with Crippen molar-refractivity contribution in [1.29, 1.82) is 0 Å². The molecule has 0 saturated carbocycles. The average molecular weight is 409 g/mol. The number of aryl methyl sites for hydroxylation is 1. The SMILES string of the molecule is CCc1ccc(C(=O)COC(=O)c2c(C)c(-c3ccccc3)nc3ccccc23)cc1. The molecule has 0 radical (unpaired) electrons. The predicted molar refractivity (Wildman–Crippen MR) is 122 cm³/mol. The van der Waals surface area contributed by atoms with Gasteiger partial charge in [-0.25, -0.2) is 9.78 Å². The first kappa shape index (κ1) is 20.5. The second-order valence-corrected chi connectivity index (χ2v) is 7.39. The van der Waals surface area contributed by atoms with Gasteiger partial charge in [0.2, 0.25) is 0 Å². The highest BCUT2D eigenvalue weighted by atomic mass is 16.5. The summed E-state index contributed by atoms with van der Waals surface area (Å²) in [5.74, 6) is -0.748.